The van der Waals surface area contributed by atoms with Gasteiger partial charge >= 0.3 is 11.9 Å². The zero-order chi connectivity index (χ0) is 36.7. The summed E-state index contributed by atoms with van der Waals surface area (Å²) in [5.74, 6) is 1.05. The van der Waals surface area contributed by atoms with Gasteiger partial charge in [0, 0.05) is 26.2 Å². The van der Waals surface area contributed by atoms with Crippen molar-refractivity contribution >= 4 is 11.9 Å². The standard InChI is InChI=1S/C38H60N2O10/c1-7-9-11-13-15-19-49-37-31(45-3)21-29(22-32(37)46-4)25-39(27-35(41)42)17-18-40(28-36(43)44)26-30-23-33(47-5)38(34(24-30)48-6)50-20-16-14-12-10-8-2/h21-24H,7-20,25-28H2,1-6H3,(H,41,42)(H,43,44). The van der Waals surface area contributed by atoms with Crippen LogP contribution < -0.4 is 28.4 Å². The minimum atomic E-state index is -0.993. The fourth-order valence-corrected chi connectivity index (χ4v) is 5.71. The Kier molecular flexibility index (Phi) is 20.5. The van der Waals surface area contributed by atoms with E-state index in [1.165, 1.54) is 38.5 Å². The Balaban J connectivity index is 2.19. The van der Waals surface area contributed by atoms with Crippen LogP contribution in [0.25, 0.3) is 0 Å². The summed E-state index contributed by atoms with van der Waals surface area (Å²) in [4.78, 5) is 27.3. The van der Waals surface area contributed by atoms with Gasteiger partial charge in [-0.3, -0.25) is 19.4 Å². The highest BCUT2D eigenvalue weighted by molar-refractivity contribution is 5.69. The molecule has 0 amide bonds. The summed E-state index contributed by atoms with van der Waals surface area (Å²) in [6, 6.07) is 7.30. The number of carbonyl (C=O) groups is 2. The molecule has 2 N–H and O–H groups in total. The molecule has 282 valence electrons. The summed E-state index contributed by atoms with van der Waals surface area (Å²) in [6.07, 6.45) is 11.1. The third-order valence-corrected chi connectivity index (χ3v) is 8.29. The molecule has 0 aliphatic carbocycles. The lowest BCUT2D eigenvalue weighted by Crippen LogP contribution is -2.39. The first-order valence-corrected chi connectivity index (χ1v) is 17.8. The van der Waals surface area contributed by atoms with Crippen molar-refractivity contribution in [1.82, 2.24) is 9.80 Å². The fraction of sp³-hybridized carbons (Fsp3) is 0.632. The van der Waals surface area contributed by atoms with Crippen LogP contribution in [0.1, 0.15) is 89.2 Å². The summed E-state index contributed by atoms with van der Waals surface area (Å²) in [7, 11) is 6.23. The van der Waals surface area contributed by atoms with Gasteiger partial charge in [-0.1, -0.05) is 65.2 Å². The molecule has 12 heteroatoms. The normalized spacial score (nSPS) is 11.1. The molecule has 0 bridgehead atoms. The van der Waals surface area contributed by atoms with E-state index in [4.69, 9.17) is 28.4 Å². The van der Waals surface area contributed by atoms with Crippen LogP contribution in [0.15, 0.2) is 24.3 Å². The molecule has 0 saturated heterocycles. The molecule has 0 spiro atoms. The highest BCUT2D eigenvalue weighted by Crippen LogP contribution is 2.40. The van der Waals surface area contributed by atoms with Gasteiger partial charge in [-0.2, -0.15) is 0 Å². The van der Waals surface area contributed by atoms with Crippen molar-refractivity contribution in [3.63, 3.8) is 0 Å². The molecule has 0 unspecified atom stereocenters. The zero-order valence-corrected chi connectivity index (χ0v) is 31.1. The summed E-state index contributed by atoms with van der Waals surface area (Å²) >= 11 is 0. The van der Waals surface area contributed by atoms with E-state index in [1.54, 1.807) is 38.2 Å². The minimum Gasteiger partial charge on any atom is -0.493 e. The van der Waals surface area contributed by atoms with Crippen LogP contribution in [0.2, 0.25) is 0 Å². The molecule has 0 aliphatic rings. The first-order valence-electron chi connectivity index (χ1n) is 17.8. The molecule has 50 heavy (non-hydrogen) atoms. The predicted molar refractivity (Wildman–Crippen MR) is 193 cm³/mol. The number of carboxylic acids is 2. The van der Waals surface area contributed by atoms with Crippen molar-refractivity contribution in [2.45, 2.75) is 91.1 Å². The Morgan fingerprint density at radius 3 is 1.14 bits per heavy atom. The molecule has 0 atom stereocenters. The largest absolute Gasteiger partial charge is 0.493 e. The Morgan fingerprint density at radius 2 is 0.860 bits per heavy atom. The van der Waals surface area contributed by atoms with Crippen LogP contribution in [0, 0.1) is 0 Å². The predicted octanol–water partition coefficient (Wildman–Crippen LogP) is 6.89. The highest BCUT2D eigenvalue weighted by Gasteiger charge is 2.21. The summed E-state index contributed by atoms with van der Waals surface area (Å²) < 4.78 is 34.7. The van der Waals surface area contributed by atoms with Crippen molar-refractivity contribution in [2.75, 3.05) is 67.8 Å². The number of hydrogen-bond donors (Lipinski definition) is 2. The number of ether oxygens (including phenoxy) is 6. The fourth-order valence-electron chi connectivity index (χ4n) is 5.71. The number of hydrogen-bond acceptors (Lipinski definition) is 10. The van der Waals surface area contributed by atoms with E-state index in [-0.39, 0.29) is 39.3 Å². The topological polar surface area (TPSA) is 136 Å². The van der Waals surface area contributed by atoms with Gasteiger partial charge in [0.15, 0.2) is 23.0 Å². The van der Waals surface area contributed by atoms with Crippen LogP contribution in [0.3, 0.4) is 0 Å². The van der Waals surface area contributed by atoms with E-state index in [0.29, 0.717) is 47.7 Å². The van der Waals surface area contributed by atoms with E-state index in [2.05, 4.69) is 13.8 Å². The molecule has 0 saturated carbocycles. The molecule has 0 fully saturated rings. The number of carboxylic acid groups (broad SMARTS) is 2. The second-order valence-electron chi connectivity index (χ2n) is 12.4. The Bertz CT molecular complexity index is 1140. The number of rotatable bonds is 29. The molecule has 0 aliphatic heterocycles. The average Bonchev–Trinajstić information content (AvgIpc) is 3.09. The molecular weight excluding hydrogens is 644 g/mol. The van der Waals surface area contributed by atoms with Crippen molar-refractivity contribution in [3.05, 3.63) is 35.4 Å². The number of methoxy groups -OCH3 is 4. The van der Waals surface area contributed by atoms with Gasteiger partial charge in [-0.05, 0) is 48.2 Å². The van der Waals surface area contributed by atoms with Gasteiger partial charge in [0.25, 0.3) is 0 Å². The second kappa shape index (κ2) is 24.3. The zero-order valence-electron chi connectivity index (χ0n) is 31.1. The monoisotopic (exact) mass is 704 g/mol. The lowest BCUT2D eigenvalue weighted by Gasteiger charge is -2.27. The smallest absolute Gasteiger partial charge is 0.317 e. The molecule has 12 nitrogen and oxygen atoms in total. The van der Waals surface area contributed by atoms with Crippen LogP contribution in [-0.4, -0.2) is 99.8 Å². The Morgan fingerprint density at radius 1 is 0.540 bits per heavy atom. The van der Waals surface area contributed by atoms with Crippen LogP contribution in [0.4, 0.5) is 0 Å². The van der Waals surface area contributed by atoms with Crippen molar-refractivity contribution < 1.29 is 48.2 Å². The molecule has 2 rings (SSSR count). The third kappa shape index (κ3) is 15.3. The van der Waals surface area contributed by atoms with Gasteiger partial charge in [0.05, 0.1) is 54.7 Å². The van der Waals surface area contributed by atoms with E-state index < -0.39 is 11.9 Å². The summed E-state index contributed by atoms with van der Waals surface area (Å²) in [5.41, 5.74) is 1.55. The van der Waals surface area contributed by atoms with Gasteiger partial charge in [0.2, 0.25) is 11.5 Å². The molecule has 0 radical (unpaired) electrons. The summed E-state index contributed by atoms with van der Waals surface area (Å²) in [5, 5.41) is 19.5. The van der Waals surface area contributed by atoms with E-state index in [9.17, 15) is 19.8 Å². The maximum absolute atomic E-state index is 11.9. The lowest BCUT2D eigenvalue weighted by atomic mass is 10.1. The molecule has 2 aromatic rings. The quantitative estimate of drug-likeness (QED) is 0.0854. The van der Waals surface area contributed by atoms with Crippen LogP contribution >= 0.6 is 0 Å². The SMILES string of the molecule is CCCCCCCOc1c(OC)cc(CN(CCN(CC(=O)O)Cc2cc(OC)c(OCCCCCCC)c(OC)c2)CC(=O)O)cc1OC. The number of nitrogens with zero attached hydrogens (tertiary/aromatic N) is 2. The van der Waals surface area contributed by atoms with E-state index in [0.717, 1.165) is 36.8 Å². The van der Waals surface area contributed by atoms with Crippen LogP contribution in [-0.2, 0) is 22.7 Å². The minimum absolute atomic E-state index is 0.242. The average molecular weight is 705 g/mol. The van der Waals surface area contributed by atoms with Gasteiger partial charge in [-0.15, -0.1) is 0 Å². The number of aliphatic carboxylic acids is 2. The van der Waals surface area contributed by atoms with E-state index >= 15 is 0 Å². The number of benzene rings is 2. The highest BCUT2D eigenvalue weighted by atomic mass is 16.5. The molecule has 0 heterocycles. The Labute approximate surface area is 298 Å². The van der Waals surface area contributed by atoms with Crippen molar-refractivity contribution in [1.29, 1.82) is 0 Å². The van der Waals surface area contributed by atoms with Gasteiger partial charge in [0.1, 0.15) is 0 Å². The number of unbranched alkanes of at least 4 members (excludes halogenated alkanes) is 8. The first kappa shape index (κ1) is 42.3. The summed E-state index contributed by atoms with van der Waals surface area (Å²) in [6.45, 7) is 6.05. The second-order valence-corrected chi connectivity index (χ2v) is 12.4. The third-order valence-electron chi connectivity index (χ3n) is 8.29. The first-order chi connectivity index (χ1) is 24.2. The molecule has 2 aromatic carbocycles. The maximum atomic E-state index is 11.9. The van der Waals surface area contributed by atoms with Gasteiger partial charge in [-0.25, -0.2) is 0 Å². The molecule has 0 aromatic heterocycles. The van der Waals surface area contributed by atoms with Crippen LogP contribution in [0.5, 0.6) is 34.5 Å². The lowest BCUT2D eigenvalue weighted by molar-refractivity contribution is -0.140. The van der Waals surface area contributed by atoms with Gasteiger partial charge < -0.3 is 38.6 Å². The maximum Gasteiger partial charge on any atom is 0.317 e. The molecular formula is C38H60N2O10. The van der Waals surface area contributed by atoms with Crippen molar-refractivity contribution in [3.8, 4) is 34.5 Å². The van der Waals surface area contributed by atoms with E-state index in [1.807, 2.05) is 24.3 Å². The Hall–Kier alpha value is -3.90. The van der Waals surface area contributed by atoms with Crippen molar-refractivity contribution in [2.24, 2.45) is 0 Å².